The first-order valence-corrected chi connectivity index (χ1v) is 7.38. The second-order valence-corrected chi connectivity index (χ2v) is 6.43. The number of hydrogen-bond donors (Lipinski definition) is 1. The minimum atomic E-state index is 0.284. The number of aryl methyl sites for hydroxylation is 2. The van der Waals surface area contributed by atoms with Gasteiger partial charge in [0.15, 0.2) is 0 Å². The van der Waals surface area contributed by atoms with Gasteiger partial charge in [0.25, 0.3) is 0 Å². The molecule has 0 bridgehead atoms. The number of nitrogens with one attached hydrogen (secondary N) is 1. The fraction of sp³-hybridized carbons (Fsp3) is 0.647. The third-order valence-corrected chi connectivity index (χ3v) is 4.22. The van der Waals surface area contributed by atoms with Gasteiger partial charge in [-0.15, -0.1) is 0 Å². The highest BCUT2D eigenvalue weighted by Crippen LogP contribution is 2.32. The highest BCUT2D eigenvalue weighted by molar-refractivity contribution is 5.30. The highest BCUT2D eigenvalue weighted by Gasteiger charge is 2.34. The van der Waals surface area contributed by atoms with E-state index in [4.69, 9.17) is 4.74 Å². The second-order valence-electron chi connectivity index (χ2n) is 6.43. The van der Waals surface area contributed by atoms with Gasteiger partial charge < -0.3 is 10.1 Å². The Morgan fingerprint density at radius 2 is 2.05 bits per heavy atom. The van der Waals surface area contributed by atoms with Crippen molar-refractivity contribution in [3.05, 3.63) is 34.9 Å². The molecule has 1 fully saturated rings. The molecule has 106 valence electrons. The van der Waals surface area contributed by atoms with Crippen LogP contribution in [0.1, 0.15) is 37.0 Å². The number of rotatable bonds is 5. The molecule has 0 amide bonds. The molecule has 1 N–H and O–H groups in total. The smallest absolute Gasteiger partial charge is 0.0538 e. The molecule has 1 atom stereocenters. The van der Waals surface area contributed by atoms with E-state index in [9.17, 15) is 0 Å². The zero-order valence-corrected chi connectivity index (χ0v) is 12.8. The Morgan fingerprint density at radius 1 is 1.26 bits per heavy atom. The molecule has 2 rings (SSSR count). The van der Waals surface area contributed by atoms with Gasteiger partial charge >= 0.3 is 0 Å². The molecule has 1 aromatic rings. The van der Waals surface area contributed by atoms with Crippen LogP contribution in [0.5, 0.6) is 0 Å². The number of hydrogen-bond acceptors (Lipinski definition) is 2. The molecular formula is C17H27NO. The van der Waals surface area contributed by atoms with E-state index in [1.54, 1.807) is 0 Å². The lowest BCUT2D eigenvalue weighted by molar-refractivity contribution is 0.148. The van der Waals surface area contributed by atoms with Crippen molar-refractivity contribution in [3.63, 3.8) is 0 Å². The van der Waals surface area contributed by atoms with Gasteiger partial charge in [0, 0.05) is 24.6 Å². The van der Waals surface area contributed by atoms with Crippen LogP contribution in [0.3, 0.4) is 0 Å². The summed E-state index contributed by atoms with van der Waals surface area (Å²) >= 11 is 0. The Labute approximate surface area is 117 Å². The fourth-order valence-corrected chi connectivity index (χ4v) is 2.76. The maximum atomic E-state index is 5.68. The lowest BCUT2D eigenvalue weighted by atomic mass is 9.80. The lowest BCUT2D eigenvalue weighted by Gasteiger charge is -2.29. The summed E-state index contributed by atoms with van der Waals surface area (Å²) in [6.07, 6.45) is 2.29. The average Bonchev–Trinajstić information content (AvgIpc) is 2.81. The van der Waals surface area contributed by atoms with E-state index in [2.05, 4.69) is 51.2 Å². The summed E-state index contributed by atoms with van der Waals surface area (Å²) in [5.74, 6) is 0. The summed E-state index contributed by atoms with van der Waals surface area (Å²) in [5.41, 5.74) is 4.50. The van der Waals surface area contributed by atoms with Gasteiger partial charge in [-0.25, -0.2) is 0 Å². The maximum absolute atomic E-state index is 5.68. The Kier molecular flexibility index (Phi) is 4.64. The molecule has 0 saturated carbocycles. The molecule has 0 aliphatic carbocycles. The SMILES string of the molecule is Cc1ccc(CC2(CNC(C)C)CCOC2)cc1C. The van der Waals surface area contributed by atoms with Crippen LogP contribution in [0.15, 0.2) is 18.2 Å². The van der Waals surface area contributed by atoms with Crippen molar-refractivity contribution in [1.82, 2.24) is 5.32 Å². The Hall–Kier alpha value is -0.860. The predicted molar refractivity (Wildman–Crippen MR) is 80.6 cm³/mol. The van der Waals surface area contributed by atoms with Crippen LogP contribution >= 0.6 is 0 Å². The molecule has 19 heavy (non-hydrogen) atoms. The van der Waals surface area contributed by atoms with Gasteiger partial charge in [-0.2, -0.15) is 0 Å². The van der Waals surface area contributed by atoms with Crippen LogP contribution in [0.2, 0.25) is 0 Å². The van der Waals surface area contributed by atoms with Crippen LogP contribution in [0.25, 0.3) is 0 Å². The molecule has 0 spiro atoms. The Bertz CT molecular complexity index is 419. The van der Waals surface area contributed by atoms with Crippen LogP contribution in [-0.4, -0.2) is 25.8 Å². The lowest BCUT2D eigenvalue weighted by Crippen LogP contribution is -2.39. The molecule has 1 aromatic carbocycles. The highest BCUT2D eigenvalue weighted by atomic mass is 16.5. The van der Waals surface area contributed by atoms with Crippen molar-refractivity contribution < 1.29 is 4.74 Å². The molecule has 1 heterocycles. The largest absolute Gasteiger partial charge is 0.381 e. The van der Waals surface area contributed by atoms with Gasteiger partial charge in [-0.3, -0.25) is 0 Å². The molecule has 1 unspecified atom stereocenters. The fourth-order valence-electron chi connectivity index (χ4n) is 2.76. The van der Waals surface area contributed by atoms with E-state index in [0.29, 0.717) is 6.04 Å². The minimum Gasteiger partial charge on any atom is -0.381 e. The standard InChI is InChI=1S/C17H27NO/c1-13(2)18-11-17(7-8-19-12-17)10-16-6-5-14(3)15(4)9-16/h5-6,9,13,18H,7-8,10-12H2,1-4H3. The Balaban J connectivity index is 2.09. The van der Waals surface area contributed by atoms with E-state index < -0.39 is 0 Å². The van der Waals surface area contributed by atoms with E-state index in [1.807, 2.05) is 0 Å². The summed E-state index contributed by atoms with van der Waals surface area (Å²) in [7, 11) is 0. The molecule has 2 heteroatoms. The van der Waals surface area contributed by atoms with E-state index in [0.717, 1.165) is 26.2 Å². The molecule has 1 saturated heterocycles. The number of benzene rings is 1. The molecular weight excluding hydrogens is 234 g/mol. The normalized spacial score (nSPS) is 23.2. The topological polar surface area (TPSA) is 21.3 Å². The first-order valence-electron chi connectivity index (χ1n) is 7.38. The Morgan fingerprint density at radius 3 is 2.63 bits per heavy atom. The third kappa shape index (κ3) is 3.80. The van der Waals surface area contributed by atoms with Crippen LogP contribution in [0.4, 0.5) is 0 Å². The monoisotopic (exact) mass is 261 g/mol. The van der Waals surface area contributed by atoms with Gasteiger partial charge in [0.2, 0.25) is 0 Å². The van der Waals surface area contributed by atoms with Crippen molar-refractivity contribution in [2.45, 2.75) is 46.6 Å². The second kappa shape index (κ2) is 6.06. The minimum absolute atomic E-state index is 0.284. The van der Waals surface area contributed by atoms with Crippen LogP contribution in [-0.2, 0) is 11.2 Å². The van der Waals surface area contributed by atoms with Crippen molar-refractivity contribution in [1.29, 1.82) is 0 Å². The van der Waals surface area contributed by atoms with E-state index in [-0.39, 0.29) is 5.41 Å². The molecule has 0 aromatic heterocycles. The van der Waals surface area contributed by atoms with Gasteiger partial charge in [-0.1, -0.05) is 32.0 Å². The predicted octanol–water partition coefficient (Wildman–Crippen LogP) is 3.25. The third-order valence-electron chi connectivity index (χ3n) is 4.22. The van der Waals surface area contributed by atoms with Crippen LogP contribution < -0.4 is 5.32 Å². The molecule has 1 aliphatic rings. The summed E-state index contributed by atoms with van der Waals surface area (Å²) in [6, 6.07) is 7.39. The zero-order chi connectivity index (χ0) is 13.9. The van der Waals surface area contributed by atoms with Crippen LogP contribution in [0, 0.1) is 19.3 Å². The quantitative estimate of drug-likeness (QED) is 0.878. The van der Waals surface area contributed by atoms with Crippen molar-refractivity contribution in [2.24, 2.45) is 5.41 Å². The molecule has 1 aliphatic heterocycles. The van der Waals surface area contributed by atoms with Crippen molar-refractivity contribution >= 4 is 0 Å². The summed E-state index contributed by atoms with van der Waals surface area (Å²) in [5, 5.41) is 3.59. The van der Waals surface area contributed by atoms with Crippen molar-refractivity contribution in [3.8, 4) is 0 Å². The first kappa shape index (κ1) is 14.5. The van der Waals surface area contributed by atoms with Gasteiger partial charge in [0.05, 0.1) is 6.61 Å². The zero-order valence-electron chi connectivity index (χ0n) is 12.8. The van der Waals surface area contributed by atoms with Gasteiger partial charge in [-0.05, 0) is 43.4 Å². The number of ether oxygens (including phenoxy) is 1. The van der Waals surface area contributed by atoms with E-state index >= 15 is 0 Å². The van der Waals surface area contributed by atoms with Crippen molar-refractivity contribution in [2.75, 3.05) is 19.8 Å². The molecule has 2 nitrogen and oxygen atoms in total. The average molecular weight is 261 g/mol. The first-order chi connectivity index (χ1) is 9.01. The summed E-state index contributed by atoms with van der Waals surface area (Å²) in [6.45, 7) is 11.6. The van der Waals surface area contributed by atoms with Gasteiger partial charge in [0.1, 0.15) is 0 Å². The molecule has 0 radical (unpaired) electrons. The van der Waals surface area contributed by atoms with E-state index in [1.165, 1.54) is 23.1 Å². The maximum Gasteiger partial charge on any atom is 0.0538 e. The summed E-state index contributed by atoms with van der Waals surface area (Å²) in [4.78, 5) is 0. The summed E-state index contributed by atoms with van der Waals surface area (Å²) < 4.78 is 5.68.